The highest BCUT2D eigenvalue weighted by Gasteiger charge is 2.30. The van der Waals surface area contributed by atoms with Gasteiger partial charge in [0, 0.05) is 71.7 Å². The molecule has 1 fully saturated rings. The van der Waals surface area contributed by atoms with Crippen LogP contribution in [0.3, 0.4) is 0 Å². The Balaban J connectivity index is 1.29. The highest BCUT2D eigenvalue weighted by atomic mass is 32.2. The van der Waals surface area contributed by atoms with Gasteiger partial charge in [-0.2, -0.15) is 24.9 Å². The molecule has 58 heavy (non-hydrogen) atoms. The molecule has 9 nitrogen and oxygen atoms in total. The molecule has 1 atom stereocenters. The Morgan fingerprint density at radius 3 is 2.31 bits per heavy atom. The van der Waals surface area contributed by atoms with Crippen LogP contribution in [0.1, 0.15) is 110 Å². The molecular formula is C45H53F3N4O5S. The molecule has 0 saturated carbocycles. The summed E-state index contributed by atoms with van der Waals surface area (Å²) in [6.07, 6.45) is 2.33. The Labute approximate surface area is 343 Å². The van der Waals surface area contributed by atoms with Gasteiger partial charge in [-0.3, -0.25) is 19.4 Å². The lowest BCUT2D eigenvalue weighted by atomic mass is 9.96. The van der Waals surface area contributed by atoms with E-state index in [0.29, 0.717) is 46.9 Å². The summed E-state index contributed by atoms with van der Waals surface area (Å²) in [5.74, 6) is -0.939. The Morgan fingerprint density at radius 1 is 0.862 bits per heavy atom. The van der Waals surface area contributed by atoms with Crippen molar-refractivity contribution in [3.63, 3.8) is 0 Å². The number of halogens is 3. The lowest BCUT2D eigenvalue weighted by Crippen LogP contribution is -2.31. The van der Waals surface area contributed by atoms with Crippen molar-refractivity contribution in [1.82, 2.24) is 10.3 Å². The quantitative estimate of drug-likeness (QED) is 0.0908. The summed E-state index contributed by atoms with van der Waals surface area (Å²) in [6.45, 7) is 10.5. The first-order chi connectivity index (χ1) is 27.5. The maximum Gasteiger partial charge on any atom is 0.416 e. The van der Waals surface area contributed by atoms with Gasteiger partial charge in [0.05, 0.1) is 22.5 Å². The number of thioether (sulfide) groups is 1. The molecule has 0 bridgehead atoms. The van der Waals surface area contributed by atoms with E-state index in [0.717, 1.165) is 68.6 Å². The average Bonchev–Trinajstić information content (AvgIpc) is 3.21. The fourth-order valence-corrected chi connectivity index (χ4v) is 7.64. The van der Waals surface area contributed by atoms with Crippen LogP contribution in [0.4, 0.5) is 24.5 Å². The number of carbonyl (C=O) groups is 3. The van der Waals surface area contributed by atoms with Crippen molar-refractivity contribution >= 4 is 40.9 Å². The summed E-state index contributed by atoms with van der Waals surface area (Å²) in [4.78, 5) is 45.1. The van der Waals surface area contributed by atoms with Crippen molar-refractivity contribution in [2.75, 3.05) is 29.9 Å². The van der Waals surface area contributed by atoms with Gasteiger partial charge in [0.1, 0.15) is 0 Å². The number of carboxylic acid groups (broad SMARTS) is 1. The van der Waals surface area contributed by atoms with Crippen molar-refractivity contribution in [3.05, 3.63) is 113 Å². The third kappa shape index (κ3) is 12.8. The van der Waals surface area contributed by atoms with Crippen LogP contribution in [0.5, 0.6) is 0 Å². The van der Waals surface area contributed by atoms with E-state index in [9.17, 15) is 27.6 Å². The van der Waals surface area contributed by atoms with E-state index < -0.39 is 29.2 Å². The number of aromatic nitrogens is 1. The second-order valence-corrected chi connectivity index (χ2v) is 17.3. The number of amides is 2. The number of anilines is 2. The summed E-state index contributed by atoms with van der Waals surface area (Å²) in [6, 6.07) is 21.3. The van der Waals surface area contributed by atoms with Gasteiger partial charge in [-0.05, 0) is 111 Å². The number of nitrogens with one attached hydrogen (secondary N) is 2. The van der Waals surface area contributed by atoms with E-state index in [1.165, 1.54) is 18.3 Å². The van der Waals surface area contributed by atoms with Gasteiger partial charge in [0.25, 0.3) is 11.8 Å². The molecule has 1 aliphatic heterocycles. The summed E-state index contributed by atoms with van der Waals surface area (Å²) in [5.41, 5.74) is 3.36. The molecular weight excluding hydrogens is 766 g/mol. The highest BCUT2D eigenvalue weighted by Crippen LogP contribution is 2.35. The van der Waals surface area contributed by atoms with Crippen LogP contribution in [0.2, 0.25) is 0 Å². The van der Waals surface area contributed by atoms with Gasteiger partial charge >= 0.3 is 12.1 Å². The smallest absolute Gasteiger partial charge is 0.416 e. The van der Waals surface area contributed by atoms with Crippen LogP contribution in [-0.4, -0.2) is 57.9 Å². The van der Waals surface area contributed by atoms with Crippen LogP contribution in [0.15, 0.2) is 85.1 Å². The molecule has 310 valence electrons. The Bertz CT molecular complexity index is 2050. The molecule has 1 aliphatic rings. The van der Waals surface area contributed by atoms with Crippen LogP contribution in [-0.2, 0) is 28.0 Å². The minimum absolute atomic E-state index is 0.0674. The molecule has 1 unspecified atom stereocenters. The fourth-order valence-electron chi connectivity index (χ4n) is 6.68. The zero-order chi connectivity index (χ0) is 41.9. The highest BCUT2D eigenvalue weighted by molar-refractivity contribution is 7.99. The van der Waals surface area contributed by atoms with Gasteiger partial charge < -0.3 is 25.4 Å². The van der Waals surface area contributed by atoms with Gasteiger partial charge in [-0.25, -0.2) is 0 Å². The molecule has 3 aromatic carbocycles. The third-order valence-electron chi connectivity index (χ3n) is 10.6. The van der Waals surface area contributed by atoms with Crippen molar-refractivity contribution in [2.24, 2.45) is 0 Å². The maximum absolute atomic E-state index is 13.8. The number of hydrogen-bond acceptors (Lipinski definition) is 7. The van der Waals surface area contributed by atoms with E-state index in [-0.39, 0.29) is 29.2 Å². The maximum atomic E-state index is 13.8. The fraction of sp³-hybridized carbons (Fsp3) is 0.422. The van der Waals surface area contributed by atoms with Crippen LogP contribution >= 0.6 is 11.8 Å². The number of rotatable bonds is 18. The van der Waals surface area contributed by atoms with Crippen molar-refractivity contribution in [2.45, 2.75) is 101 Å². The lowest BCUT2D eigenvalue weighted by Gasteiger charge is -2.31. The van der Waals surface area contributed by atoms with Crippen LogP contribution in [0.25, 0.3) is 11.3 Å². The molecule has 3 N–H and O–H groups in total. The number of ether oxygens (including phenoxy) is 1. The molecule has 0 aliphatic carbocycles. The minimum Gasteiger partial charge on any atom is -0.481 e. The number of aliphatic carboxylic acids is 1. The first-order valence-corrected chi connectivity index (χ1v) is 20.7. The molecule has 2 heterocycles. The van der Waals surface area contributed by atoms with E-state index in [4.69, 9.17) is 9.84 Å². The van der Waals surface area contributed by atoms with E-state index in [2.05, 4.69) is 34.4 Å². The van der Waals surface area contributed by atoms with Gasteiger partial charge in [0.15, 0.2) is 0 Å². The first-order valence-electron chi connectivity index (χ1n) is 19.7. The number of alkyl halides is 3. The number of pyridine rings is 1. The van der Waals surface area contributed by atoms with Gasteiger partial charge in [0.2, 0.25) is 0 Å². The van der Waals surface area contributed by atoms with Gasteiger partial charge in [-0.1, -0.05) is 45.0 Å². The van der Waals surface area contributed by atoms with E-state index in [1.807, 2.05) is 50.2 Å². The van der Waals surface area contributed by atoms with Gasteiger partial charge in [-0.15, -0.1) is 0 Å². The van der Waals surface area contributed by atoms with Crippen molar-refractivity contribution < 1.29 is 37.4 Å². The normalized spacial score (nSPS) is 14.4. The summed E-state index contributed by atoms with van der Waals surface area (Å²) >= 11 is 1.76. The van der Waals surface area contributed by atoms with Crippen molar-refractivity contribution in [3.8, 4) is 11.3 Å². The lowest BCUT2D eigenvalue weighted by molar-refractivity contribution is -0.139. The SMILES string of the molecule is CCC(C)(CCC(=O)O)OCCC(C)(C)SCc1cccc(C(=O)Nc2ccc(N3CCCCC3)cc2-c2cc(C(=O)NCc3cccc(C(F)(F)F)c3)ccn2)c1. The standard InChI is InChI=1S/C45H53F3N4O5S/c1-5-44(4,19-17-40(53)54)57-24-20-43(2,3)58-30-32-12-9-13-33(25-32)42(56)51-38-16-15-36(52-22-7-6-8-23-52)28-37(38)39-27-34(18-21-49-39)41(55)50-29-31-11-10-14-35(26-31)45(46,47)48/h9-16,18,21,25-28H,5-8,17,19-20,22-24,29-30H2,1-4H3,(H,50,55)(H,51,56)(H,53,54). The summed E-state index contributed by atoms with van der Waals surface area (Å²) < 4.78 is 45.8. The second kappa shape index (κ2) is 19.7. The topological polar surface area (TPSA) is 121 Å². The third-order valence-corrected chi connectivity index (χ3v) is 12.0. The monoisotopic (exact) mass is 818 g/mol. The Kier molecular flexibility index (Phi) is 15.0. The zero-order valence-electron chi connectivity index (χ0n) is 33.6. The number of hydrogen-bond donors (Lipinski definition) is 3. The predicted octanol–water partition coefficient (Wildman–Crippen LogP) is 10.4. The zero-order valence-corrected chi connectivity index (χ0v) is 34.4. The summed E-state index contributed by atoms with van der Waals surface area (Å²) in [7, 11) is 0. The van der Waals surface area contributed by atoms with Crippen LogP contribution < -0.4 is 15.5 Å². The molecule has 5 rings (SSSR count). The molecule has 1 saturated heterocycles. The number of carboxylic acids is 1. The predicted molar refractivity (Wildman–Crippen MR) is 224 cm³/mol. The molecule has 13 heteroatoms. The van der Waals surface area contributed by atoms with Crippen LogP contribution in [0, 0.1) is 0 Å². The van der Waals surface area contributed by atoms with E-state index >= 15 is 0 Å². The van der Waals surface area contributed by atoms with Crippen molar-refractivity contribution in [1.29, 1.82) is 0 Å². The average molecular weight is 819 g/mol. The summed E-state index contributed by atoms with van der Waals surface area (Å²) in [5, 5.41) is 14.9. The number of piperidine rings is 1. The van der Waals surface area contributed by atoms with E-state index in [1.54, 1.807) is 30.0 Å². The molecule has 2 amide bonds. The molecule has 4 aromatic rings. The first kappa shape index (κ1) is 44.2. The Hall–Kier alpha value is -4.88. The number of carbonyl (C=O) groups excluding carboxylic acids is 2. The second-order valence-electron chi connectivity index (χ2n) is 15.6. The molecule has 0 radical (unpaired) electrons. The Morgan fingerprint density at radius 2 is 1.59 bits per heavy atom. The largest absolute Gasteiger partial charge is 0.481 e. The minimum atomic E-state index is -4.49. The molecule has 1 aromatic heterocycles. The number of benzene rings is 3. The molecule has 0 spiro atoms. The number of nitrogens with zero attached hydrogens (tertiary/aromatic N) is 2.